The third kappa shape index (κ3) is 4.12. The molecule has 0 amide bonds. The van der Waals surface area contributed by atoms with Crippen LogP contribution < -0.4 is 0 Å². The Hall–Kier alpha value is -2.15. The summed E-state index contributed by atoms with van der Waals surface area (Å²) in [6, 6.07) is 1.80. The summed E-state index contributed by atoms with van der Waals surface area (Å²) in [4.78, 5) is 39.1. The average Bonchev–Trinajstić information content (AvgIpc) is 3.15. The van der Waals surface area contributed by atoms with Gasteiger partial charge in [0.1, 0.15) is 6.10 Å². The monoisotopic (exact) mass is 446 g/mol. The molecule has 32 heavy (non-hydrogen) atoms. The molecular weight excluding hydrogens is 412 g/mol. The van der Waals surface area contributed by atoms with Gasteiger partial charge in [0.15, 0.2) is 17.5 Å². The molecule has 1 aliphatic carbocycles. The Kier molecular flexibility index (Phi) is 5.99. The summed E-state index contributed by atoms with van der Waals surface area (Å²) < 4.78 is 22.8. The minimum Gasteiger partial charge on any atom is -0.472 e. The van der Waals surface area contributed by atoms with Crippen molar-refractivity contribution in [3.05, 3.63) is 24.2 Å². The maximum Gasteiger partial charge on any atom is 0.342 e. The van der Waals surface area contributed by atoms with Crippen LogP contribution >= 0.6 is 0 Å². The van der Waals surface area contributed by atoms with E-state index in [-0.39, 0.29) is 48.0 Å². The molecule has 7 heteroatoms. The molecule has 4 rings (SSSR count). The number of esters is 2. The topological polar surface area (TPSA) is 95.3 Å². The molecule has 0 radical (unpaired) electrons. The van der Waals surface area contributed by atoms with Crippen LogP contribution in [0.25, 0.3) is 0 Å². The Morgan fingerprint density at radius 1 is 1.25 bits per heavy atom. The van der Waals surface area contributed by atoms with Gasteiger partial charge in [0, 0.05) is 23.3 Å². The molecule has 1 saturated carbocycles. The van der Waals surface area contributed by atoms with Crippen molar-refractivity contribution in [3.8, 4) is 0 Å². The van der Waals surface area contributed by atoms with E-state index >= 15 is 0 Å². The number of carbonyl (C=O) groups is 3. The second-order valence-electron chi connectivity index (χ2n) is 10.8. The highest BCUT2D eigenvalue weighted by atomic mass is 16.7. The van der Waals surface area contributed by atoms with Crippen LogP contribution in [0.1, 0.15) is 78.4 Å². The van der Waals surface area contributed by atoms with E-state index < -0.39 is 23.2 Å². The molecule has 3 heterocycles. The first-order chi connectivity index (χ1) is 15.0. The minimum atomic E-state index is -0.970. The van der Waals surface area contributed by atoms with Crippen LogP contribution in [0.15, 0.2) is 23.0 Å². The van der Waals surface area contributed by atoms with Crippen LogP contribution in [0.2, 0.25) is 0 Å². The van der Waals surface area contributed by atoms with E-state index in [0.717, 1.165) is 5.56 Å². The number of hydrogen-bond acceptors (Lipinski definition) is 7. The lowest BCUT2D eigenvalue weighted by atomic mass is 9.68. The molecule has 2 saturated heterocycles. The summed E-state index contributed by atoms with van der Waals surface area (Å²) in [7, 11) is 0. The second kappa shape index (κ2) is 8.32. The molecule has 1 aromatic rings. The summed E-state index contributed by atoms with van der Waals surface area (Å²) in [6.07, 6.45) is 4.00. The Morgan fingerprint density at radius 3 is 2.66 bits per heavy atom. The van der Waals surface area contributed by atoms with Crippen molar-refractivity contribution in [1.29, 1.82) is 0 Å². The molecular formula is C25H34O7. The minimum absolute atomic E-state index is 0.0561. The van der Waals surface area contributed by atoms with Gasteiger partial charge in [0.25, 0.3) is 0 Å². The number of Topliss-reactive ketones (excluding diaryl/α,β-unsaturated/α-hetero) is 1. The van der Waals surface area contributed by atoms with Gasteiger partial charge in [-0.3, -0.25) is 9.59 Å². The van der Waals surface area contributed by atoms with Crippen LogP contribution in [-0.2, 0) is 28.6 Å². The van der Waals surface area contributed by atoms with Gasteiger partial charge >= 0.3 is 11.9 Å². The van der Waals surface area contributed by atoms with E-state index in [0.29, 0.717) is 25.7 Å². The summed E-state index contributed by atoms with van der Waals surface area (Å²) in [6.45, 7) is 9.67. The quantitative estimate of drug-likeness (QED) is 0.500. The fourth-order valence-electron chi connectivity index (χ4n) is 5.43. The summed E-state index contributed by atoms with van der Waals surface area (Å²) in [5.74, 6) is -0.830. The molecule has 0 aromatic carbocycles. The van der Waals surface area contributed by atoms with Gasteiger partial charge in [0.05, 0.1) is 18.6 Å². The number of ketones is 1. The first kappa shape index (κ1) is 23.0. The van der Waals surface area contributed by atoms with Crippen LogP contribution in [0.4, 0.5) is 0 Å². The highest BCUT2D eigenvalue weighted by Gasteiger charge is 2.71. The summed E-state index contributed by atoms with van der Waals surface area (Å²) in [5, 5.41) is 0. The van der Waals surface area contributed by atoms with Gasteiger partial charge in [-0.25, -0.2) is 4.79 Å². The lowest BCUT2D eigenvalue weighted by molar-refractivity contribution is -0.172. The Labute approximate surface area is 189 Å². The maximum atomic E-state index is 13.4. The van der Waals surface area contributed by atoms with Crippen molar-refractivity contribution in [3.63, 3.8) is 0 Å². The molecule has 0 bridgehead atoms. The van der Waals surface area contributed by atoms with Crippen molar-refractivity contribution < 1.29 is 33.0 Å². The van der Waals surface area contributed by atoms with Crippen molar-refractivity contribution in [1.82, 2.24) is 0 Å². The van der Waals surface area contributed by atoms with Gasteiger partial charge in [-0.1, -0.05) is 34.6 Å². The fourth-order valence-corrected chi connectivity index (χ4v) is 5.43. The van der Waals surface area contributed by atoms with Crippen molar-refractivity contribution in [2.24, 2.45) is 23.2 Å². The molecule has 7 nitrogen and oxygen atoms in total. The molecule has 1 aromatic heterocycles. The highest BCUT2D eigenvalue weighted by molar-refractivity contribution is 5.90. The molecule has 6 atom stereocenters. The molecule has 3 aliphatic rings. The van der Waals surface area contributed by atoms with Gasteiger partial charge in [0.2, 0.25) is 0 Å². The highest BCUT2D eigenvalue weighted by Crippen LogP contribution is 2.57. The largest absolute Gasteiger partial charge is 0.472 e. The number of epoxide rings is 1. The van der Waals surface area contributed by atoms with Gasteiger partial charge in [-0.05, 0) is 43.6 Å². The lowest BCUT2D eigenvalue weighted by Crippen LogP contribution is -2.49. The Bertz CT molecular complexity index is 871. The SMILES string of the molecule is CC(C)CC(=O)O[C@H]1C[C@@H](C)[C@@H]2C[C@H](c3ccoc3)OC(=O)[C@]23O[C@H]3CCC(C)(C)C1=O. The first-order valence-electron chi connectivity index (χ1n) is 11.7. The van der Waals surface area contributed by atoms with Crippen molar-refractivity contribution in [2.75, 3.05) is 0 Å². The first-order valence-corrected chi connectivity index (χ1v) is 11.7. The number of cyclic esters (lactones) is 1. The van der Waals surface area contributed by atoms with Gasteiger partial charge in [-0.15, -0.1) is 0 Å². The van der Waals surface area contributed by atoms with E-state index in [1.165, 1.54) is 0 Å². The van der Waals surface area contributed by atoms with E-state index in [1.54, 1.807) is 18.6 Å². The average molecular weight is 447 g/mol. The molecule has 176 valence electrons. The van der Waals surface area contributed by atoms with Crippen LogP contribution in [0.5, 0.6) is 0 Å². The predicted octanol–water partition coefficient (Wildman–Crippen LogP) is 4.39. The number of hydrogen-bond donors (Lipinski definition) is 0. The van der Waals surface area contributed by atoms with E-state index in [1.807, 2.05) is 34.6 Å². The number of furan rings is 1. The standard InChI is InChI=1S/C25H34O7/c1-14(2)10-21(26)30-19-11-15(3)17-12-18(16-7-9-29-13-16)31-23(28)25(17)20(32-25)6-8-24(4,5)22(19)27/h7,9,13-15,17-20H,6,8,10-12H2,1-5H3/t15-,17+,18-,19+,20+,25+/m1/s1. The predicted molar refractivity (Wildman–Crippen MR) is 114 cm³/mol. The third-order valence-corrected chi connectivity index (χ3v) is 7.37. The number of ether oxygens (including phenoxy) is 3. The zero-order valence-electron chi connectivity index (χ0n) is 19.6. The second-order valence-corrected chi connectivity index (χ2v) is 10.8. The van der Waals surface area contributed by atoms with E-state index in [4.69, 9.17) is 18.6 Å². The van der Waals surface area contributed by atoms with Crippen LogP contribution in [0.3, 0.4) is 0 Å². The van der Waals surface area contributed by atoms with Crippen molar-refractivity contribution >= 4 is 17.7 Å². The normalized spacial score (nSPS) is 36.6. The van der Waals surface area contributed by atoms with Crippen molar-refractivity contribution in [2.45, 2.75) is 90.6 Å². The maximum absolute atomic E-state index is 13.4. The van der Waals surface area contributed by atoms with Crippen LogP contribution in [0, 0.1) is 23.2 Å². The zero-order chi connectivity index (χ0) is 23.3. The molecule has 0 N–H and O–H groups in total. The fraction of sp³-hybridized carbons (Fsp3) is 0.720. The van der Waals surface area contributed by atoms with E-state index in [9.17, 15) is 14.4 Å². The Morgan fingerprint density at radius 2 is 2.00 bits per heavy atom. The van der Waals surface area contributed by atoms with Crippen LogP contribution in [-0.4, -0.2) is 35.5 Å². The Balaban J connectivity index is 1.62. The number of carbonyl (C=O) groups excluding carboxylic acids is 3. The molecule has 2 aliphatic heterocycles. The van der Waals surface area contributed by atoms with E-state index in [2.05, 4.69) is 0 Å². The molecule has 0 unspecified atom stereocenters. The smallest absolute Gasteiger partial charge is 0.342 e. The molecule has 1 spiro atoms. The number of rotatable bonds is 4. The lowest BCUT2D eigenvalue weighted by Gasteiger charge is -2.39. The molecule has 3 fully saturated rings. The summed E-state index contributed by atoms with van der Waals surface area (Å²) in [5.41, 5.74) is -0.838. The van der Waals surface area contributed by atoms with Gasteiger partial charge in [-0.2, -0.15) is 0 Å². The zero-order valence-corrected chi connectivity index (χ0v) is 19.6. The van der Waals surface area contributed by atoms with Gasteiger partial charge < -0.3 is 18.6 Å². The summed E-state index contributed by atoms with van der Waals surface area (Å²) >= 11 is 0. The third-order valence-electron chi connectivity index (χ3n) is 7.37.